The van der Waals surface area contributed by atoms with Gasteiger partial charge in [-0.2, -0.15) is 0 Å². The van der Waals surface area contributed by atoms with Gasteiger partial charge in [0, 0.05) is 17.4 Å². The van der Waals surface area contributed by atoms with E-state index in [-0.39, 0.29) is 4.83 Å². The fourth-order valence-electron chi connectivity index (χ4n) is 1.67. The molecule has 0 radical (unpaired) electrons. The summed E-state index contributed by atoms with van der Waals surface area (Å²) < 4.78 is 5.34. The topological polar surface area (TPSA) is 35.0 Å². The molecule has 0 saturated heterocycles. The third kappa shape index (κ3) is 3.53. The van der Waals surface area contributed by atoms with Gasteiger partial charge in [-0.1, -0.05) is 46.3 Å². The van der Waals surface area contributed by atoms with E-state index < -0.39 is 0 Å². The van der Waals surface area contributed by atoms with Crippen molar-refractivity contribution in [2.24, 2.45) is 0 Å². The van der Waals surface area contributed by atoms with Crippen LogP contribution in [0.2, 0.25) is 0 Å². The summed E-state index contributed by atoms with van der Waals surface area (Å²) in [6, 6.07) is 10.3. The van der Waals surface area contributed by atoms with Gasteiger partial charge in [-0.15, -0.1) is 0 Å². The van der Waals surface area contributed by atoms with Crippen molar-refractivity contribution in [3.8, 4) is 5.88 Å². The molecule has 3 nitrogen and oxygen atoms in total. The molecular weight excluding hydrogens is 292 g/mol. The summed E-state index contributed by atoms with van der Waals surface area (Å²) >= 11 is 3.68. The van der Waals surface area contributed by atoms with E-state index in [4.69, 9.17) is 4.74 Å². The molecule has 0 bridgehead atoms. The Balaban J connectivity index is 2.07. The zero-order valence-corrected chi connectivity index (χ0v) is 11.8. The molecule has 0 aliphatic rings. The highest BCUT2D eigenvalue weighted by atomic mass is 79.9. The number of alkyl halides is 1. The predicted molar refractivity (Wildman–Crippen MR) is 75.0 cm³/mol. The van der Waals surface area contributed by atoms with Gasteiger partial charge in [-0.3, -0.25) is 4.98 Å². The lowest BCUT2D eigenvalue weighted by atomic mass is 10.1. The van der Waals surface area contributed by atoms with Crippen LogP contribution in [0.25, 0.3) is 0 Å². The average molecular weight is 307 g/mol. The normalized spacial score (nSPS) is 12.1. The standard InChI is InChI=1S/C14H15BrN2O/c1-2-18-14-10-16-9-12(17-14)8-13(15)11-6-4-3-5-7-11/h3-7,9-10,13H,2,8H2,1H3. The summed E-state index contributed by atoms with van der Waals surface area (Å²) in [6.07, 6.45) is 4.20. The first-order valence-corrected chi connectivity index (χ1v) is 6.84. The van der Waals surface area contributed by atoms with Crippen LogP contribution in [0.15, 0.2) is 42.7 Å². The van der Waals surface area contributed by atoms with Gasteiger partial charge < -0.3 is 4.74 Å². The first kappa shape index (κ1) is 13.0. The van der Waals surface area contributed by atoms with E-state index in [2.05, 4.69) is 38.0 Å². The zero-order chi connectivity index (χ0) is 12.8. The molecule has 1 heterocycles. The lowest BCUT2D eigenvalue weighted by Gasteiger charge is -2.10. The largest absolute Gasteiger partial charge is 0.477 e. The van der Waals surface area contributed by atoms with Crippen LogP contribution in [0.5, 0.6) is 5.88 Å². The highest BCUT2D eigenvalue weighted by molar-refractivity contribution is 9.09. The maximum absolute atomic E-state index is 5.34. The molecule has 94 valence electrons. The van der Waals surface area contributed by atoms with Crippen molar-refractivity contribution in [1.29, 1.82) is 0 Å². The average Bonchev–Trinajstić information content (AvgIpc) is 2.40. The lowest BCUT2D eigenvalue weighted by Crippen LogP contribution is -2.01. The summed E-state index contributed by atoms with van der Waals surface area (Å²) in [4.78, 5) is 8.80. The van der Waals surface area contributed by atoms with E-state index in [1.54, 1.807) is 12.4 Å². The molecule has 1 aromatic heterocycles. The molecule has 18 heavy (non-hydrogen) atoms. The molecule has 4 heteroatoms. The number of hydrogen-bond donors (Lipinski definition) is 0. The third-order valence-corrected chi connectivity index (χ3v) is 3.36. The molecule has 0 N–H and O–H groups in total. The van der Waals surface area contributed by atoms with E-state index in [0.717, 1.165) is 12.1 Å². The zero-order valence-electron chi connectivity index (χ0n) is 10.2. The number of hydrogen-bond acceptors (Lipinski definition) is 3. The summed E-state index contributed by atoms with van der Waals surface area (Å²) in [7, 11) is 0. The number of nitrogens with zero attached hydrogens (tertiary/aromatic N) is 2. The highest BCUT2D eigenvalue weighted by Gasteiger charge is 2.09. The van der Waals surface area contributed by atoms with Crippen LogP contribution >= 0.6 is 15.9 Å². The van der Waals surface area contributed by atoms with Crippen molar-refractivity contribution in [1.82, 2.24) is 9.97 Å². The van der Waals surface area contributed by atoms with Crippen molar-refractivity contribution in [2.45, 2.75) is 18.2 Å². The number of benzene rings is 1. The second-order valence-electron chi connectivity index (χ2n) is 3.86. The monoisotopic (exact) mass is 306 g/mol. The Morgan fingerprint density at radius 1 is 1.22 bits per heavy atom. The minimum Gasteiger partial charge on any atom is -0.477 e. The van der Waals surface area contributed by atoms with Gasteiger partial charge in [0.2, 0.25) is 5.88 Å². The molecule has 0 amide bonds. The van der Waals surface area contributed by atoms with Crippen molar-refractivity contribution in [3.63, 3.8) is 0 Å². The van der Waals surface area contributed by atoms with Crippen LogP contribution in [0.3, 0.4) is 0 Å². The summed E-state index contributed by atoms with van der Waals surface area (Å²) in [6.45, 7) is 2.54. The quantitative estimate of drug-likeness (QED) is 0.792. The van der Waals surface area contributed by atoms with E-state index in [1.165, 1.54) is 5.56 Å². The molecule has 2 rings (SSSR count). The molecule has 1 atom stereocenters. The number of halogens is 1. The van der Waals surface area contributed by atoms with Gasteiger partial charge in [0.1, 0.15) is 0 Å². The van der Waals surface area contributed by atoms with Crippen LogP contribution in [0, 0.1) is 0 Å². The van der Waals surface area contributed by atoms with Crippen molar-refractivity contribution >= 4 is 15.9 Å². The maximum atomic E-state index is 5.34. The molecule has 0 aliphatic carbocycles. The van der Waals surface area contributed by atoms with E-state index in [9.17, 15) is 0 Å². The number of rotatable bonds is 5. The molecule has 0 spiro atoms. The number of ether oxygens (including phenoxy) is 1. The van der Waals surface area contributed by atoms with Crippen LogP contribution in [-0.2, 0) is 6.42 Å². The summed E-state index contributed by atoms with van der Waals surface area (Å²) in [5, 5.41) is 0. The Hall–Kier alpha value is -1.42. The Morgan fingerprint density at radius 2 is 2.00 bits per heavy atom. The number of aromatic nitrogens is 2. The highest BCUT2D eigenvalue weighted by Crippen LogP contribution is 2.26. The maximum Gasteiger partial charge on any atom is 0.232 e. The summed E-state index contributed by atoms with van der Waals surface area (Å²) in [5.74, 6) is 0.586. The van der Waals surface area contributed by atoms with Gasteiger partial charge in [-0.25, -0.2) is 4.98 Å². The Morgan fingerprint density at radius 3 is 2.72 bits per heavy atom. The van der Waals surface area contributed by atoms with Crippen molar-refractivity contribution < 1.29 is 4.74 Å². The first-order valence-electron chi connectivity index (χ1n) is 5.92. The van der Waals surface area contributed by atoms with Gasteiger partial charge in [0.25, 0.3) is 0 Å². The Kier molecular flexibility index (Phi) is 4.70. The predicted octanol–water partition coefficient (Wildman–Crippen LogP) is 3.55. The smallest absolute Gasteiger partial charge is 0.232 e. The molecule has 1 aromatic carbocycles. The van der Waals surface area contributed by atoms with Gasteiger partial charge in [0.15, 0.2) is 0 Å². The van der Waals surface area contributed by atoms with Crippen LogP contribution in [-0.4, -0.2) is 16.6 Å². The fourth-order valence-corrected chi connectivity index (χ4v) is 2.30. The van der Waals surface area contributed by atoms with Crippen LogP contribution in [0.4, 0.5) is 0 Å². The second-order valence-corrected chi connectivity index (χ2v) is 4.97. The van der Waals surface area contributed by atoms with Crippen molar-refractivity contribution in [3.05, 3.63) is 54.0 Å². The van der Waals surface area contributed by atoms with Crippen LogP contribution in [0.1, 0.15) is 23.0 Å². The molecule has 0 fully saturated rings. The molecular formula is C14H15BrN2O. The third-order valence-electron chi connectivity index (χ3n) is 2.50. The van der Waals surface area contributed by atoms with E-state index in [0.29, 0.717) is 12.5 Å². The van der Waals surface area contributed by atoms with Gasteiger partial charge in [0.05, 0.1) is 18.5 Å². The second kappa shape index (κ2) is 6.50. The SMILES string of the molecule is CCOc1cncc(CC(Br)c2ccccc2)n1. The minimum atomic E-state index is 0.241. The molecule has 0 aliphatic heterocycles. The van der Waals surface area contributed by atoms with Crippen molar-refractivity contribution in [2.75, 3.05) is 6.61 Å². The first-order chi connectivity index (χ1) is 8.79. The van der Waals surface area contributed by atoms with Gasteiger partial charge >= 0.3 is 0 Å². The Bertz CT molecular complexity index is 490. The molecule has 2 aromatic rings. The van der Waals surface area contributed by atoms with Gasteiger partial charge in [-0.05, 0) is 12.5 Å². The van der Waals surface area contributed by atoms with Crippen LogP contribution < -0.4 is 4.74 Å². The fraction of sp³-hybridized carbons (Fsp3) is 0.286. The van der Waals surface area contributed by atoms with E-state index >= 15 is 0 Å². The van der Waals surface area contributed by atoms with E-state index in [1.807, 2.05) is 25.1 Å². The summed E-state index contributed by atoms with van der Waals surface area (Å²) in [5.41, 5.74) is 2.16. The minimum absolute atomic E-state index is 0.241. The lowest BCUT2D eigenvalue weighted by molar-refractivity contribution is 0.324. The molecule has 0 saturated carbocycles. The Labute approximate surface area is 115 Å². The molecule has 1 unspecified atom stereocenters.